The number of hydrogen-bond acceptors (Lipinski definition) is 5. The summed E-state index contributed by atoms with van der Waals surface area (Å²) in [6.07, 6.45) is -0.602. The first kappa shape index (κ1) is 23.3. The van der Waals surface area contributed by atoms with Crippen molar-refractivity contribution in [2.45, 2.75) is 45.2 Å². The molecule has 8 nitrogen and oxygen atoms in total. The second kappa shape index (κ2) is 9.31. The van der Waals surface area contributed by atoms with Gasteiger partial charge in [-0.25, -0.2) is 14.8 Å². The largest absolute Gasteiger partial charge is 0.334 e. The van der Waals surface area contributed by atoms with Gasteiger partial charge in [0.15, 0.2) is 0 Å². The number of fused-ring (bicyclic) bond motifs is 2. The molecule has 1 aromatic heterocycles. The van der Waals surface area contributed by atoms with Gasteiger partial charge >= 0.3 is 6.03 Å². The number of hydrogen-bond donors (Lipinski definition) is 1. The summed E-state index contributed by atoms with van der Waals surface area (Å²) >= 11 is 1.65. The van der Waals surface area contributed by atoms with Gasteiger partial charge in [-0.1, -0.05) is 48.5 Å². The number of benzene rings is 2. The van der Waals surface area contributed by atoms with Crippen molar-refractivity contribution in [3.8, 4) is 0 Å². The van der Waals surface area contributed by atoms with Crippen LogP contribution in [0.5, 0.6) is 0 Å². The highest BCUT2D eigenvalue weighted by atomic mass is 32.1. The number of nitrogens with one attached hydrogen (secondary N) is 1. The number of thiophene rings is 1. The molecule has 0 spiro atoms. The van der Waals surface area contributed by atoms with E-state index in [9.17, 15) is 14.4 Å². The molecule has 5 rings (SSSR count). The van der Waals surface area contributed by atoms with E-state index in [0.29, 0.717) is 13.1 Å². The molecule has 0 aliphatic carbocycles. The van der Waals surface area contributed by atoms with Crippen LogP contribution in [0.25, 0.3) is 10.1 Å². The lowest BCUT2D eigenvalue weighted by Gasteiger charge is -2.56. The molecule has 0 radical (unpaired) electrons. The first-order valence-electron chi connectivity index (χ1n) is 11.8. The molecule has 3 heterocycles. The summed E-state index contributed by atoms with van der Waals surface area (Å²) in [6.45, 7) is 4.51. The van der Waals surface area contributed by atoms with Crippen LogP contribution in [0.4, 0.5) is 4.79 Å². The number of carbonyl (C=O) groups excluding carboxylic acids is 3. The van der Waals surface area contributed by atoms with E-state index in [2.05, 4.69) is 22.8 Å². The van der Waals surface area contributed by atoms with Crippen LogP contribution in [0.3, 0.4) is 0 Å². The van der Waals surface area contributed by atoms with Gasteiger partial charge < -0.3 is 15.1 Å². The third-order valence-electron chi connectivity index (χ3n) is 6.93. The summed E-state index contributed by atoms with van der Waals surface area (Å²) < 4.78 is 1.17. The highest BCUT2D eigenvalue weighted by molar-refractivity contribution is 7.17. The summed E-state index contributed by atoms with van der Waals surface area (Å²) in [7, 11) is 1.74. The molecule has 35 heavy (non-hydrogen) atoms. The average Bonchev–Trinajstić information content (AvgIpc) is 3.27. The van der Waals surface area contributed by atoms with E-state index in [-0.39, 0.29) is 24.4 Å². The first-order chi connectivity index (χ1) is 16.9. The minimum atomic E-state index is -0.660. The molecule has 2 aliphatic rings. The Bertz CT molecular complexity index is 1260. The summed E-state index contributed by atoms with van der Waals surface area (Å²) in [5.74, 6) is -0.260. The molecule has 3 atom stereocenters. The van der Waals surface area contributed by atoms with Crippen molar-refractivity contribution in [1.29, 1.82) is 0 Å². The van der Waals surface area contributed by atoms with Gasteiger partial charge in [0.25, 0.3) is 0 Å². The number of nitrogens with zero attached hydrogens (tertiary/aromatic N) is 4. The van der Waals surface area contributed by atoms with Gasteiger partial charge in [0, 0.05) is 24.8 Å². The molecular weight excluding hydrogens is 462 g/mol. The zero-order valence-electron chi connectivity index (χ0n) is 20.0. The van der Waals surface area contributed by atoms with Crippen molar-refractivity contribution < 1.29 is 14.4 Å². The number of rotatable bonds is 4. The van der Waals surface area contributed by atoms with E-state index in [1.54, 1.807) is 40.2 Å². The maximum absolute atomic E-state index is 13.5. The van der Waals surface area contributed by atoms with Gasteiger partial charge in [-0.15, -0.1) is 11.3 Å². The molecule has 0 bridgehead atoms. The van der Waals surface area contributed by atoms with Gasteiger partial charge in [-0.2, -0.15) is 0 Å². The lowest BCUT2D eigenvalue weighted by Crippen LogP contribution is -2.77. The van der Waals surface area contributed by atoms with E-state index in [1.807, 2.05) is 54.3 Å². The number of piperazine rings is 1. The highest BCUT2D eigenvalue weighted by Crippen LogP contribution is 2.33. The van der Waals surface area contributed by atoms with Crippen molar-refractivity contribution in [3.63, 3.8) is 0 Å². The maximum atomic E-state index is 13.5. The standard InChI is InChI=1S/C26H29N5O3S/c1-17-24-30(18(2)25(33)29(17)14-20-16-35-22-12-8-7-11-21(20)22)23(32)15-28(3)31(24)26(34)27-13-19-9-5-4-6-10-19/h4-12,16-18,24H,13-15H2,1-3H3,(H,27,34)/t17-,18-,24-/m0/s1. The van der Waals surface area contributed by atoms with Gasteiger partial charge in [0.2, 0.25) is 11.8 Å². The summed E-state index contributed by atoms with van der Waals surface area (Å²) in [5, 5.41) is 9.45. The minimum absolute atomic E-state index is 0.0365. The Morgan fingerprint density at radius 3 is 2.54 bits per heavy atom. The summed E-state index contributed by atoms with van der Waals surface area (Å²) in [5.41, 5.74) is 2.06. The number of urea groups is 1. The van der Waals surface area contributed by atoms with Crippen LogP contribution < -0.4 is 5.32 Å². The number of amides is 4. The fourth-order valence-corrected chi connectivity index (χ4v) is 6.07. The van der Waals surface area contributed by atoms with Crippen LogP contribution in [0, 0.1) is 0 Å². The second-order valence-electron chi connectivity index (χ2n) is 9.16. The molecule has 2 aromatic carbocycles. The topological polar surface area (TPSA) is 76.2 Å². The lowest BCUT2D eigenvalue weighted by molar-refractivity contribution is -0.194. The Balaban J connectivity index is 1.43. The van der Waals surface area contributed by atoms with Gasteiger partial charge in [0.1, 0.15) is 12.2 Å². The fourth-order valence-electron chi connectivity index (χ4n) is 5.11. The maximum Gasteiger partial charge on any atom is 0.334 e. The second-order valence-corrected chi connectivity index (χ2v) is 10.1. The van der Waals surface area contributed by atoms with Crippen LogP contribution >= 0.6 is 11.3 Å². The molecule has 182 valence electrons. The predicted octanol–water partition coefficient (Wildman–Crippen LogP) is 3.25. The number of likely N-dealkylation sites (N-methyl/N-ethyl adjacent to an activating group) is 1. The molecule has 4 amide bonds. The molecule has 2 saturated heterocycles. The lowest BCUT2D eigenvalue weighted by atomic mass is 10.0. The Morgan fingerprint density at radius 2 is 1.77 bits per heavy atom. The van der Waals surface area contributed by atoms with Crippen LogP contribution in [-0.2, 0) is 22.7 Å². The van der Waals surface area contributed by atoms with Crippen LogP contribution in [0.15, 0.2) is 60.0 Å². The molecule has 2 aliphatic heterocycles. The average molecular weight is 492 g/mol. The molecule has 0 saturated carbocycles. The Labute approximate surface area is 208 Å². The van der Waals surface area contributed by atoms with E-state index in [1.165, 1.54) is 4.70 Å². The molecule has 2 fully saturated rings. The first-order valence-corrected chi connectivity index (χ1v) is 12.6. The SMILES string of the molecule is C[C@H]1[C@H]2N(C(=O)CN(C)N2C(=O)NCc2ccccc2)[C@@H](C)C(=O)N1Cc1csc2ccccc12. The van der Waals surface area contributed by atoms with Crippen LogP contribution in [-0.4, -0.2) is 69.5 Å². The molecule has 0 unspecified atom stereocenters. The van der Waals surface area contributed by atoms with Gasteiger partial charge in [0.05, 0.1) is 12.6 Å². The van der Waals surface area contributed by atoms with E-state index >= 15 is 0 Å². The summed E-state index contributed by atoms with van der Waals surface area (Å²) in [6, 6.07) is 16.5. The van der Waals surface area contributed by atoms with E-state index in [4.69, 9.17) is 0 Å². The Kier molecular flexibility index (Phi) is 6.21. The van der Waals surface area contributed by atoms with Gasteiger partial charge in [-0.05, 0) is 41.8 Å². The predicted molar refractivity (Wildman–Crippen MR) is 135 cm³/mol. The van der Waals surface area contributed by atoms with Crippen molar-refractivity contribution in [1.82, 2.24) is 25.1 Å². The fraction of sp³-hybridized carbons (Fsp3) is 0.346. The zero-order valence-corrected chi connectivity index (χ0v) is 20.9. The third kappa shape index (κ3) is 4.15. The molecule has 1 N–H and O–H groups in total. The quantitative estimate of drug-likeness (QED) is 0.608. The molecule has 3 aromatic rings. The van der Waals surface area contributed by atoms with Crippen molar-refractivity contribution in [2.24, 2.45) is 0 Å². The zero-order chi connectivity index (χ0) is 24.7. The number of carbonyl (C=O) groups is 3. The smallest absolute Gasteiger partial charge is 0.333 e. The van der Waals surface area contributed by atoms with Crippen LogP contribution in [0.1, 0.15) is 25.0 Å². The Morgan fingerprint density at radius 1 is 1.06 bits per heavy atom. The van der Waals surface area contributed by atoms with Crippen molar-refractivity contribution in [3.05, 3.63) is 71.1 Å². The molecular formula is C26H29N5O3S. The van der Waals surface area contributed by atoms with Crippen molar-refractivity contribution in [2.75, 3.05) is 13.6 Å². The minimum Gasteiger partial charge on any atom is -0.333 e. The number of hydrazine groups is 1. The summed E-state index contributed by atoms with van der Waals surface area (Å²) in [4.78, 5) is 43.3. The third-order valence-corrected chi connectivity index (χ3v) is 7.95. The normalized spacial score (nSPS) is 23.1. The van der Waals surface area contributed by atoms with E-state index in [0.717, 1.165) is 16.5 Å². The van der Waals surface area contributed by atoms with Crippen LogP contribution in [0.2, 0.25) is 0 Å². The Hall–Kier alpha value is -3.43. The van der Waals surface area contributed by atoms with Gasteiger partial charge in [-0.3, -0.25) is 9.59 Å². The molecule has 9 heteroatoms. The van der Waals surface area contributed by atoms with Crippen molar-refractivity contribution >= 4 is 39.3 Å². The highest BCUT2D eigenvalue weighted by Gasteiger charge is 2.52. The monoisotopic (exact) mass is 491 g/mol. The van der Waals surface area contributed by atoms with E-state index < -0.39 is 18.2 Å².